The Labute approximate surface area is 86.0 Å². The number of hydrogen-bond acceptors (Lipinski definition) is 6. The summed E-state index contributed by atoms with van der Waals surface area (Å²) < 4.78 is 0. The second-order valence-electron chi connectivity index (χ2n) is 2.72. The molecule has 1 unspecified atom stereocenters. The van der Waals surface area contributed by atoms with E-state index >= 15 is 0 Å². The molecule has 0 saturated heterocycles. The molecule has 6 heteroatoms. The van der Waals surface area contributed by atoms with Crippen LogP contribution < -0.4 is 5.73 Å². The van der Waals surface area contributed by atoms with Gasteiger partial charge in [0.05, 0.1) is 12.3 Å². The number of rotatable bonds is 3. The van der Waals surface area contributed by atoms with Crippen molar-refractivity contribution in [2.24, 2.45) is 0 Å². The zero-order valence-electron chi connectivity index (χ0n) is 7.64. The van der Waals surface area contributed by atoms with Crippen molar-refractivity contribution in [2.75, 3.05) is 11.5 Å². The molecule has 0 amide bonds. The number of aromatic nitrogens is 2. The van der Waals surface area contributed by atoms with E-state index in [0.717, 1.165) is 0 Å². The average molecular weight is 210 g/mol. The molecule has 1 aromatic rings. The van der Waals surface area contributed by atoms with Gasteiger partial charge in [-0.2, -0.15) is 5.26 Å². The molecule has 1 atom stereocenters. The summed E-state index contributed by atoms with van der Waals surface area (Å²) in [6.45, 7) is 1.68. The lowest BCUT2D eigenvalue weighted by molar-refractivity contribution is 0.220. The number of hydrogen-bond donors (Lipinski definition) is 2. The Morgan fingerprint density at radius 2 is 2.50 bits per heavy atom. The molecule has 0 bridgehead atoms. The van der Waals surface area contributed by atoms with Crippen LogP contribution in [0, 0.1) is 11.3 Å². The maximum Gasteiger partial charge on any atom is 0.189 e. The summed E-state index contributed by atoms with van der Waals surface area (Å²) in [5.41, 5.74) is 5.76. The number of thioether (sulfide) groups is 1. The minimum absolute atomic E-state index is 0.176. The maximum absolute atomic E-state index is 9.02. The highest BCUT2D eigenvalue weighted by Gasteiger charge is 2.05. The molecule has 1 heterocycles. The molecular weight excluding hydrogens is 200 g/mol. The van der Waals surface area contributed by atoms with Gasteiger partial charge in [-0.25, -0.2) is 9.97 Å². The first-order chi connectivity index (χ1) is 6.63. The molecule has 0 aliphatic carbocycles. The zero-order valence-corrected chi connectivity index (χ0v) is 8.45. The van der Waals surface area contributed by atoms with Crippen molar-refractivity contribution in [3.63, 3.8) is 0 Å². The molecule has 0 fully saturated rings. The van der Waals surface area contributed by atoms with E-state index in [1.165, 1.54) is 18.0 Å². The summed E-state index contributed by atoms with van der Waals surface area (Å²) >= 11 is 1.30. The van der Waals surface area contributed by atoms with Crippen molar-refractivity contribution < 1.29 is 5.11 Å². The van der Waals surface area contributed by atoms with E-state index in [1.807, 2.05) is 6.07 Å². The van der Waals surface area contributed by atoms with Gasteiger partial charge in [0.1, 0.15) is 17.5 Å². The fourth-order valence-electron chi connectivity index (χ4n) is 0.729. The Bertz CT molecular complexity index is 361. The van der Waals surface area contributed by atoms with Gasteiger partial charge in [0.2, 0.25) is 0 Å². The molecule has 0 aliphatic heterocycles. The van der Waals surface area contributed by atoms with Crippen molar-refractivity contribution in [2.45, 2.75) is 18.2 Å². The Morgan fingerprint density at radius 1 is 1.79 bits per heavy atom. The predicted octanol–water partition coefficient (Wildman–Crippen LogP) is 0.403. The Morgan fingerprint density at radius 3 is 3.00 bits per heavy atom. The van der Waals surface area contributed by atoms with Gasteiger partial charge in [-0.15, -0.1) is 0 Å². The van der Waals surface area contributed by atoms with Crippen molar-refractivity contribution in [3.05, 3.63) is 11.8 Å². The summed E-state index contributed by atoms with van der Waals surface area (Å²) in [6.07, 6.45) is 0.965. The topological polar surface area (TPSA) is 95.8 Å². The molecule has 3 N–H and O–H groups in total. The molecule has 14 heavy (non-hydrogen) atoms. The summed E-state index contributed by atoms with van der Waals surface area (Å²) in [6, 6.07) is 1.88. The second kappa shape index (κ2) is 4.79. The minimum atomic E-state index is -0.416. The van der Waals surface area contributed by atoms with E-state index in [1.54, 1.807) is 6.92 Å². The summed E-state index contributed by atoms with van der Waals surface area (Å²) in [4.78, 5) is 7.83. The van der Waals surface area contributed by atoms with Gasteiger partial charge in [0.15, 0.2) is 5.16 Å². The van der Waals surface area contributed by atoms with Crippen molar-refractivity contribution in [3.8, 4) is 6.07 Å². The number of aliphatic hydroxyl groups is 1. The maximum atomic E-state index is 9.02. The lowest BCUT2D eigenvalue weighted by Gasteiger charge is -2.03. The summed E-state index contributed by atoms with van der Waals surface area (Å²) in [7, 11) is 0. The van der Waals surface area contributed by atoms with E-state index in [2.05, 4.69) is 9.97 Å². The van der Waals surface area contributed by atoms with Crippen molar-refractivity contribution in [1.82, 2.24) is 9.97 Å². The van der Waals surface area contributed by atoms with Crippen molar-refractivity contribution in [1.29, 1.82) is 5.26 Å². The molecule has 0 radical (unpaired) electrons. The van der Waals surface area contributed by atoms with E-state index < -0.39 is 6.10 Å². The average Bonchev–Trinajstić information content (AvgIpc) is 2.15. The monoisotopic (exact) mass is 210 g/mol. The third-order valence-electron chi connectivity index (χ3n) is 1.37. The lowest BCUT2D eigenvalue weighted by Crippen LogP contribution is -2.04. The minimum Gasteiger partial charge on any atom is -0.393 e. The van der Waals surface area contributed by atoms with Gasteiger partial charge in [-0.1, -0.05) is 11.8 Å². The smallest absolute Gasteiger partial charge is 0.189 e. The van der Waals surface area contributed by atoms with Crippen LogP contribution in [0.3, 0.4) is 0 Å². The molecule has 0 spiro atoms. The largest absolute Gasteiger partial charge is 0.393 e. The fraction of sp³-hybridized carbons (Fsp3) is 0.375. The van der Waals surface area contributed by atoms with Crippen LogP contribution in [0.15, 0.2) is 11.4 Å². The molecular formula is C8H10N4OS. The predicted molar refractivity (Wildman–Crippen MR) is 53.6 cm³/mol. The number of nitrogens with two attached hydrogens (primary N) is 1. The Kier molecular flexibility index (Phi) is 3.68. The normalized spacial score (nSPS) is 12.1. The standard InChI is InChI=1S/C8H10N4OS/c1-5(13)4-14-8-11-3-6(2-9)7(10)12-8/h3,5,13H,4H2,1H3,(H2,10,11,12). The van der Waals surface area contributed by atoms with E-state index in [9.17, 15) is 0 Å². The molecule has 74 valence electrons. The first kappa shape index (κ1) is 10.8. The zero-order chi connectivity index (χ0) is 10.6. The van der Waals surface area contributed by atoms with Crippen LogP contribution >= 0.6 is 11.8 Å². The number of anilines is 1. The van der Waals surface area contributed by atoms with Gasteiger partial charge in [0, 0.05) is 5.75 Å². The highest BCUT2D eigenvalue weighted by molar-refractivity contribution is 7.99. The van der Waals surface area contributed by atoms with E-state index in [0.29, 0.717) is 10.9 Å². The van der Waals surface area contributed by atoms with E-state index in [4.69, 9.17) is 16.1 Å². The van der Waals surface area contributed by atoms with E-state index in [-0.39, 0.29) is 11.4 Å². The van der Waals surface area contributed by atoms with Crippen LogP contribution in [-0.4, -0.2) is 26.9 Å². The molecule has 1 rings (SSSR count). The third kappa shape index (κ3) is 2.87. The highest BCUT2D eigenvalue weighted by Crippen LogP contribution is 2.16. The number of nitrogens with zero attached hydrogens (tertiary/aromatic N) is 3. The van der Waals surface area contributed by atoms with Gasteiger partial charge in [0.25, 0.3) is 0 Å². The lowest BCUT2D eigenvalue weighted by atomic mass is 10.3. The number of aliphatic hydroxyl groups excluding tert-OH is 1. The molecule has 0 aliphatic rings. The number of nitriles is 1. The molecule has 0 aromatic carbocycles. The van der Waals surface area contributed by atoms with Crippen LogP contribution in [0.1, 0.15) is 12.5 Å². The van der Waals surface area contributed by atoms with Gasteiger partial charge in [-0.3, -0.25) is 0 Å². The van der Waals surface area contributed by atoms with Crippen LogP contribution in [-0.2, 0) is 0 Å². The first-order valence-corrected chi connectivity index (χ1v) is 4.95. The van der Waals surface area contributed by atoms with Crippen molar-refractivity contribution >= 4 is 17.6 Å². The quantitative estimate of drug-likeness (QED) is 0.554. The summed E-state index contributed by atoms with van der Waals surface area (Å²) in [5, 5.41) is 18.1. The Hall–Kier alpha value is -1.32. The molecule has 1 aromatic heterocycles. The van der Waals surface area contributed by atoms with Gasteiger partial charge in [-0.05, 0) is 6.92 Å². The molecule has 0 saturated carbocycles. The van der Waals surface area contributed by atoms with Crippen LogP contribution in [0.5, 0.6) is 0 Å². The fourth-order valence-corrected chi connectivity index (χ4v) is 1.41. The van der Waals surface area contributed by atoms with Gasteiger partial charge >= 0.3 is 0 Å². The third-order valence-corrected chi connectivity index (χ3v) is 2.47. The number of nitrogen functional groups attached to an aromatic ring is 1. The van der Waals surface area contributed by atoms with Crippen LogP contribution in [0.25, 0.3) is 0 Å². The van der Waals surface area contributed by atoms with Crippen LogP contribution in [0.2, 0.25) is 0 Å². The van der Waals surface area contributed by atoms with Gasteiger partial charge < -0.3 is 10.8 Å². The summed E-state index contributed by atoms with van der Waals surface area (Å²) in [5.74, 6) is 0.682. The highest BCUT2D eigenvalue weighted by atomic mass is 32.2. The van der Waals surface area contributed by atoms with Crippen LogP contribution in [0.4, 0.5) is 5.82 Å². The Balaban J connectivity index is 2.73. The molecule has 5 nitrogen and oxygen atoms in total. The SMILES string of the molecule is CC(O)CSc1ncc(C#N)c(N)n1. The second-order valence-corrected chi connectivity index (χ2v) is 3.71. The first-order valence-electron chi connectivity index (χ1n) is 3.97.